The Labute approximate surface area is 195 Å². The molecule has 1 fully saturated rings. The molecular weight excluding hydrogens is 447 g/mol. The maximum Gasteiger partial charge on any atom is 0.433 e. The molecule has 182 valence electrons. The van der Waals surface area contributed by atoms with E-state index < -0.39 is 17.8 Å². The first-order chi connectivity index (χ1) is 16.1. The van der Waals surface area contributed by atoms with Crippen LogP contribution in [-0.2, 0) is 6.18 Å². The number of methoxy groups -OCH3 is 1. The summed E-state index contributed by atoms with van der Waals surface area (Å²) in [6, 6.07) is 6.97. The van der Waals surface area contributed by atoms with Crippen LogP contribution in [0.2, 0.25) is 0 Å². The van der Waals surface area contributed by atoms with E-state index in [1.54, 1.807) is 12.1 Å². The Kier molecular flexibility index (Phi) is 6.79. The van der Waals surface area contributed by atoms with Crippen molar-refractivity contribution in [2.24, 2.45) is 5.92 Å². The molecular formula is C24H28F3N5O2. The first kappa shape index (κ1) is 24.0. The van der Waals surface area contributed by atoms with Crippen LogP contribution in [0.4, 0.5) is 18.9 Å². The molecule has 0 radical (unpaired) electrons. The quantitative estimate of drug-likeness (QED) is 0.543. The fourth-order valence-electron chi connectivity index (χ4n) is 4.54. The van der Waals surface area contributed by atoms with Crippen LogP contribution in [0.25, 0.3) is 10.9 Å². The van der Waals surface area contributed by atoms with Gasteiger partial charge in [0.2, 0.25) is 0 Å². The highest BCUT2D eigenvalue weighted by Crippen LogP contribution is 2.35. The van der Waals surface area contributed by atoms with Gasteiger partial charge in [0.1, 0.15) is 17.1 Å². The van der Waals surface area contributed by atoms with Gasteiger partial charge in [0.05, 0.1) is 24.4 Å². The van der Waals surface area contributed by atoms with E-state index in [4.69, 9.17) is 9.84 Å². The molecule has 7 nitrogen and oxygen atoms in total. The highest BCUT2D eigenvalue weighted by Gasteiger charge is 2.33. The van der Waals surface area contributed by atoms with Gasteiger partial charge >= 0.3 is 6.18 Å². The summed E-state index contributed by atoms with van der Waals surface area (Å²) in [4.78, 5) is 18.3. The molecule has 1 N–H and O–H groups in total. The first-order valence-electron chi connectivity index (χ1n) is 11.2. The standard InChI is InChI=1S/C24H28F3N5O2/c1-31(2)13-15-7-9-17(10-8-15)32-14-16-11-20(21(34-3)12-19(16)30-32)29-23(33)18-5-4-6-22(28-18)24(25,26)27/h4-6,11-12,14-15,17H,7-10,13H2,1-3H3,(H,29,33). The summed E-state index contributed by atoms with van der Waals surface area (Å²) >= 11 is 0. The molecule has 0 bridgehead atoms. The number of aromatic nitrogens is 3. The molecule has 0 atom stereocenters. The van der Waals surface area contributed by atoms with Gasteiger partial charge in [-0.05, 0) is 63.9 Å². The lowest BCUT2D eigenvalue weighted by Gasteiger charge is -2.30. The third kappa shape index (κ3) is 5.32. The largest absolute Gasteiger partial charge is 0.494 e. The number of anilines is 1. The highest BCUT2D eigenvalue weighted by molar-refractivity contribution is 6.05. The van der Waals surface area contributed by atoms with E-state index in [0.717, 1.165) is 55.3 Å². The van der Waals surface area contributed by atoms with Gasteiger partial charge < -0.3 is 15.0 Å². The van der Waals surface area contributed by atoms with E-state index in [1.807, 2.05) is 10.9 Å². The number of fused-ring (bicyclic) bond motifs is 1. The van der Waals surface area contributed by atoms with Crippen LogP contribution in [0, 0.1) is 5.92 Å². The molecule has 3 aromatic rings. The zero-order chi connectivity index (χ0) is 24.5. The second-order valence-electron chi connectivity index (χ2n) is 9.02. The molecule has 34 heavy (non-hydrogen) atoms. The zero-order valence-electron chi connectivity index (χ0n) is 19.4. The molecule has 2 aromatic heterocycles. The van der Waals surface area contributed by atoms with Crippen LogP contribution in [0.3, 0.4) is 0 Å². The summed E-state index contributed by atoms with van der Waals surface area (Å²) in [6.07, 6.45) is 1.71. The molecule has 0 aliphatic heterocycles. The van der Waals surface area contributed by atoms with E-state index in [9.17, 15) is 18.0 Å². The number of alkyl halides is 3. The Balaban J connectivity index is 1.53. The van der Waals surface area contributed by atoms with Crippen molar-refractivity contribution in [1.29, 1.82) is 0 Å². The molecule has 0 spiro atoms. The lowest BCUT2D eigenvalue weighted by Crippen LogP contribution is -2.26. The third-order valence-corrected chi connectivity index (χ3v) is 6.18. The van der Waals surface area contributed by atoms with Gasteiger partial charge in [-0.1, -0.05) is 6.07 Å². The Hall–Kier alpha value is -3.14. The topological polar surface area (TPSA) is 72.3 Å². The molecule has 4 rings (SSSR count). The predicted molar refractivity (Wildman–Crippen MR) is 123 cm³/mol. The number of hydrogen-bond acceptors (Lipinski definition) is 5. The molecule has 0 saturated heterocycles. The number of ether oxygens (including phenoxy) is 1. The molecule has 1 aliphatic rings. The predicted octanol–water partition coefficient (Wildman–Crippen LogP) is 5.00. The summed E-state index contributed by atoms with van der Waals surface area (Å²) < 4.78 is 46.3. The van der Waals surface area contributed by atoms with Crippen molar-refractivity contribution < 1.29 is 22.7 Å². The van der Waals surface area contributed by atoms with Crippen LogP contribution < -0.4 is 10.1 Å². The van der Waals surface area contributed by atoms with E-state index in [1.165, 1.54) is 13.2 Å². The van der Waals surface area contributed by atoms with Crippen LogP contribution >= 0.6 is 0 Å². The number of amides is 1. The van der Waals surface area contributed by atoms with Crippen LogP contribution in [0.1, 0.15) is 47.9 Å². The van der Waals surface area contributed by atoms with Gasteiger partial charge in [-0.25, -0.2) is 4.98 Å². The summed E-state index contributed by atoms with van der Waals surface area (Å²) in [5.74, 6) is 0.311. The maximum atomic E-state index is 13.0. The van der Waals surface area contributed by atoms with Gasteiger partial charge in [0, 0.05) is 24.2 Å². The zero-order valence-corrected chi connectivity index (χ0v) is 19.4. The third-order valence-electron chi connectivity index (χ3n) is 6.18. The number of carbonyl (C=O) groups is 1. The summed E-state index contributed by atoms with van der Waals surface area (Å²) in [7, 11) is 5.65. The number of rotatable bonds is 6. The second kappa shape index (κ2) is 9.61. The van der Waals surface area contributed by atoms with Crippen molar-refractivity contribution in [1.82, 2.24) is 19.7 Å². The maximum absolute atomic E-state index is 13.0. The fraction of sp³-hybridized carbons (Fsp3) is 0.458. The Morgan fingerprint density at radius 2 is 1.94 bits per heavy atom. The number of benzene rings is 1. The molecule has 1 amide bonds. The van der Waals surface area contributed by atoms with Crippen LogP contribution in [0.15, 0.2) is 36.5 Å². The summed E-state index contributed by atoms with van der Waals surface area (Å²) in [5.41, 5.74) is -0.387. The normalized spacial score (nSPS) is 18.9. The molecule has 2 heterocycles. The molecule has 0 unspecified atom stereocenters. The molecule has 1 aliphatic carbocycles. The fourth-order valence-corrected chi connectivity index (χ4v) is 4.54. The van der Waals surface area contributed by atoms with Crippen molar-refractivity contribution in [3.63, 3.8) is 0 Å². The number of nitrogens with zero attached hydrogens (tertiary/aromatic N) is 4. The Morgan fingerprint density at radius 3 is 2.59 bits per heavy atom. The van der Waals surface area contributed by atoms with Crippen LogP contribution in [-0.4, -0.2) is 53.3 Å². The van der Waals surface area contributed by atoms with E-state index in [-0.39, 0.29) is 5.69 Å². The van der Waals surface area contributed by atoms with Crippen LogP contribution in [0.5, 0.6) is 5.75 Å². The van der Waals surface area contributed by atoms with E-state index in [0.29, 0.717) is 23.4 Å². The summed E-state index contributed by atoms with van der Waals surface area (Å²) in [6.45, 7) is 1.09. The van der Waals surface area contributed by atoms with Crippen molar-refractivity contribution >= 4 is 22.5 Å². The number of halogens is 3. The average molecular weight is 476 g/mol. The summed E-state index contributed by atoms with van der Waals surface area (Å²) in [5, 5.41) is 8.16. The molecule has 1 aromatic carbocycles. The van der Waals surface area contributed by atoms with E-state index >= 15 is 0 Å². The molecule has 1 saturated carbocycles. The highest BCUT2D eigenvalue weighted by atomic mass is 19.4. The minimum atomic E-state index is -4.63. The van der Waals surface area contributed by atoms with Gasteiger partial charge in [0.25, 0.3) is 5.91 Å². The number of hydrogen-bond donors (Lipinski definition) is 1. The average Bonchev–Trinajstić information content (AvgIpc) is 3.21. The second-order valence-corrected chi connectivity index (χ2v) is 9.02. The molecule has 10 heteroatoms. The van der Waals surface area contributed by atoms with Crippen molar-refractivity contribution in [2.75, 3.05) is 33.1 Å². The van der Waals surface area contributed by atoms with Gasteiger partial charge in [-0.2, -0.15) is 18.3 Å². The van der Waals surface area contributed by atoms with Crippen molar-refractivity contribution in [3.05, 3.63) is 47.9 Å². The van der Waals surface area contributed by atoms with Gasteiger partial charge in [0.15, 0.2) is 0 Å². The minimum Gasteiger partial charge on any atom is -0.494 e. The lowest BCUT2D eigenvalue weighted by atomic mass is 9.86. The van der Waals surface area contributed by atoms with Crippen molar-refractivity contribution in [2.45, 2.75) is 37.9 Å². The SMILES string of the molecule is COc1cc2nn(C3CCC(CN(C)C)CC3)cc2cc1NC(=O)c1cccc(C(F)(F)F)n1. The monoisotopic (exact) mass is 475 g/mol. The number of carbonyl (C=O) groups excluding carboxylic acids is 1. The first-order valence-corrected chi connectivity index (χ1v) is 11.2. The Morgan fingerprint density at radius 1 is 1.21 bits per heavy atom. The van der Waals surface area contributed by atoms with Crippen molar-refractivity contribution in [3.8, 4) is 5.75 Å². The smallest absolute Gasteiger partial charge is 0.433 e. The number of pyridine rings is 1. The van der Waals surface area contributed by atoms with E-state index in [2.05, 4.69) is 29.3 Å². The Bertz CT molecular complexity index is 1170. The minimum absolute atomic E-state index is 0.309. The lowest BCUT2D eigenvalue weighted by molar-refractivity contribution is -0.141. The number of nitrogens with one attached hydrogen (secondary N) is 1. The van der Waals surface area contributed by atoms with Gasteiger partial charge in [-0.3, -0.25) is 9.48 Å². The van der Waals surface area contributed by atoms with Gasteiger partial charge in [-0.15, -0.1) is 0 Å².